The van der Waals surface area contributed by atoms with Crippen LogP contribution in [0.4, 0.5) is 0 Å². The van der Waals surface area contributed by atoms with Crippen molar-refractivity contribution in [3.63, 3.8) is 0 Å². The minimum absolute atomic E-state index is 0.143. The number of benzene rings is 1. The summed E-state index contributed by atoms with van der Waals surface area (Å²) in [6.45, 7) is 9.11. The lowest BCUT2D eigenvalue weighted by atomic mass is 10.1. The van der Waals surface area contributed by atoms with Gasteiger partial charge in [0, 0.05) is 26.7 Å². The molecule has 124 valence electrons. The molecule has 22 heavy (non-hydrogen) atoms. The Morgan fingerprint density at radius 1 is 1.09 bits per heavy atom. The Morgan fingerprint density at radius 3 is 2.41 bits per heavy atom. The normalized spacial score (nSPS) is 13.2. The van der Waals surface area contributed by atoms with E-state index in [9.17, 15) is 0 Å². The van der Waals surface area contributed by atoms with E-state index in [4.69, 9.17) is 4.74 Å². The number of nitrogens with zero attached hydrogens (tertiary/aromatic N) is 1. The van der Waals surface area contributed by atoms with E-state index in [1.54, 1.807) is 7.05 Å². The van der Waals surface area contributed by atoms with E-state index in [2.05, 4.69) is 48.5 Å². The average Bonchev–Trinajstić information content (AvgIpc) is 2.53. The van der Waals surface area contributed by atoms with Crippen LogP contribution in [0.2, 0.25) is 0 Å². The summed E-state index contributed by atoms with van der Waals surface area (Å²) in [6, 6.07) is 10.3. The highest BCUT2D eigenvalue weighted by Gasteiger charge is 2.04. The van der Waals surface area contributed by atoms with Crippen LogP contribution in [0.25, 0.3) is 0 Å². The second-order valence-corrected chi connectivity index (χ2v) is 5.89. The number of rotatable bonds is 9. The first kappa shape index (κ1) is 18.5. The summed E-state index contributed by atoms with van der Waals surface area (Å²) in [6.07, 6.45) is 2.25. The number of nitrogens with one attached hydrogen (secondary N) is 2. The number of hydrogen-bond donors (Lipinski definition) is 2. The van der Waals surface area contributed by atoms with Gasteiger partial charge in [-0.05, 0) is 31.2 Å². The van der Waals surface area contributed by atoms with E-state index >= 15 is 0 Å². The maximum Gasteiger partial charge on any atom is 0.190 e. The summed E-state index contributed by atoms with van der Waals surface area (Å²) in [5.41, 5.74) is 1.22. The van der Waals surface area contributed by atoms with E-state index in [-0.39, 0.29) is 6.10 Å². The predicted molar refractivity (Wildman–Crippen MR) is 94.2 cm³/mol. The number of guanidine groups is 1. The molecule has 0 radical (unpaired) electrons. The van der Waals surface area contributed by atoms with E-state index in [1.807, 2.05) is 18.2 Å². The van der Waals surface area contributed by atoms with Crippen molar-refractivity contribution < 1.29 is 4.74 Å². The zero-order valence-corrected chi connectivity index (χ0v) is 14.4. The molecule has 0 spiro atoms. The smallest absolute Gasteiger partial charge is 0.190 e. The Hall–Kier alpha value is -1.55. The van der Waals surface area contributed by atoms with Crippen molar-refractivity contribution >= 4 is 5.96 Å². The van der Waals surface area contributed by atoms with Gasteiger partial charge in [0.15, 0.2) is 5.96 Å². The topological polar surface area (TPSA) is 45.7 Å². The lowest BCUT2D eigenvalue weighted by Crippen LogP contribution is -2.38. The summed E-state index contributed by atoms with van der Waals surface area (Å²) >= 11 is 0. The lowest BCUT2D eigenvalue weighted by Gasteiger charge is -2.15. The highest BCUT2D eigenvalue weighted by Crippen LogP contribution is 2.15. The van der Waals surface area contributed by atoms with Gasteiger partial charge in [-0.15, -0.1) is 0 Å². The maximum atomic E-state index is 5.86. The van der Waals surface area contributed by atoms with Crippen molar-refractivity contribution in [2.24, 2.45) is 10.9 Å². The number of aliphatic imine (C=N–C) groups is 1. The fourth-order valence-electron chi connectivity index (χ4n) is 2.06. The van der Waals surface area contributed by atoms with Crippen LogP contribution in [0.15, 0.2) is 35.3 Å². The summed E-state index contributed by atoms with van der Waals surface area (Å²) in [5, 5.41) is 6.64. The molecule has 0 amide bonds. The van der Waals surface area contributed by atoms with Gasteiger partial charge in [0.25, 0.3) is 0 Å². The predicted octanol–water partition coefficient (Wildman–Crippen LogP) is 3.37. The highest BCUT2D eigenvalue weighted by molar-refractivity contribution is 5.79. The molecule has 0 bridgehead atoms. The van der Waals surface area contributed by atoms with Crippen molar-refractivity contribution in [1.29, 1.82) is 0 Å². The minimum Gasteiger partial charge on any atom is -0.374 e. The van der Waals surface area contributed by atoms with E-state index in [0.29, 0.717) is 5.92 Å². The van der Waals surface area contributed by atoms with Crippen LogP contribution in [0.1, 0.15) is 45.3 Å². The van der Waals surface area contributed by atoms with Crippen LogP contribution in [0, 0.1) is 5.92 Å². The van der Waals surface area contributed by atoms with Crippen molar-refractivity contribution in [1.82, 2.24) is 10.6 Å². The first-order valence-electron chi connectivity index (χ1n) is 8.24. The van der Waals surface area contributed by atoms with Crippen LogP contribution in [-0.4, -0.2) is 32.7 Å². The van der Waals surface area contributed by atoms with Gasteiger partial charge in [0.1, 0.15) is 0 Å². The average molecular weight is 305 g/mol. The van der Waals surface area contributed by atoms with Crippen LogP contribution in [0.3, 0.4) is 0 Å². The second-order valence-electron chi connectivity index (χ2n) is 5.89. The van der Waals surface area contributed by atoms with Crippen LogP contribution < -0.4 is 10.6 Å². The van der Waals surface area contributed by atoms with Gasteiger partial charge in [-0.3, -0.25) is 4.99 Å². The van der Waals surface area contributed by atoms with Crippen molar-refractivity contribution in [2.75, 3.05) is 26.7 Å². The fourth-order valence-corrected chi connectivity index (χ4v) is 2.06. The fraction of sp³-hybridized carbons (Fsp3) is 0.611. The quantitative estimate of drug-likeness (QED) is 0.418. The number of ether oxygens (including phenoxy) is 1. The Morgan fingerprint density at radius 2 is 1.77 bits per heavy atom. The Kier molecular flexibility index (Phi) is 9.31. The zero-order chi connectivity index (χ0) is 16.2. The summed E-state index contributed by atoms with van der Waals surface area (Å²) in [7, 11) is 1.80. The van der Waals surface area contributed by atoms with Gasteiger partial charge >= 0.3 is 0 Å². The van der Waals surface area contributed by atoms with E-state index in [0.717, 1.165) is 38.5 Å². The Balaban J connectivity index is 2.11. The van der Waals surface area contributed by atoms with E-state index in [1.165, 1.54) is 5.56 Å². The molecule has 0 saturated carbocycles. The summed E-state index contributed by atoms with van der Waals surface area (Å²) in [5.74, 6) is 1.58. The van der Waals surface area contributed by atoms with Gasteiger partial charge in [-0.2, -0.15) is 0 Å². The van der Waals surface area contributed by atoms with Crippen LogP contribution in [0.5, 0.6) is 0 Å². The molecule has 1 rings (SSSR count). The van der Waals surface area contributed by atoms with Gasteiger partial charge in [0.05, 0.1) is 6.10 Å². The monoisotopic (exact) mass is 305 g/mol. The minimum atomic E-state index is 0.143. The van der Waals surface area contributed by atoms with Crippen molar-refractivity contribution in [3.05, 3.63) is 35.9 Å². The summed E-state index contributed by atoms with van der Waals surface area (Å²) < 4.78 is 5.86. The molecule has 0 fully saturated rings. The molecule has 1 aromatic rings. The molecule has 0 aliphatic heterocycles. The third kappa shape index (κ3) is 8.03. The molecule has 4 nitrogen and oxygen atoms in total. The number of hydrogen-bond acceptors (Lipinski definition) is 2. The van der Waals surface area contributed by atoms with Gasteiger partial charge in [-0.25, -0.2) is 0 Å². The van der Waals surface area contributed by atoms with Crippen molar-refractivity contribution in [2.45, 2.75) is 39.7 Å². The molecule has 0 aromatic heterocycles. The third-order valence-electron chi connectivity index (χ3n) is 3.49. The zero-order valence-electron chi connectivity index (χ0n) is 14.4. The highest BCUT2D eigenvalue weighted by atomic mass is 16.5. The SMILES string of the molecule is CN=C(NCCCOC(C)c1ccccc1)NCCC(C)C. The standard InChI is InChI=1S/C18H31N3O/c1-15(2)11-13-21-18(19-4)20-12-8-14-22-16(3)17-9-6-5-7-10-17/h5-7,9-10,15-16H,8,11-14H2,1-4H3,(H2,19,20,21). The molecule has 0 heterocycles. The second kappa shape index (κ2) is 11.1. The molecule has 1 atom stereocenters. The van der Waals surface area contributed by atoms with Gasteiger partial charge < -0.3 is 15.4 Å². The van der Waals surface area contributed by atoms with Gasteiger partial charge in [-0.1, -0.05) is 44.2 Å². The first-order valence-corrected chi connectivity index (χ1v) is 8.24. The Bertz CT molecular complexity index is 418. The molecule has 0 aliphatic rings. The molecule has 0 saturated heterocycles. The molecule has 1 aromatic carbocycles. The lowest BCUT2D eigenvalue weighted by molar-refractivity contribution is 0.0646. The van der Waals surface area contributed by atoms with Crippen LogP contribution in [-0.2, 0) is 4.74 Å². The molecule has 1 unspecified atom stereocenters. The maximum absolute atomic E-state index is 5.86. The van der Waals surface area contributed by atoms with Gasteiger partial charge in [0.2, 0.25) is 0 Å². The Labute approximate surface area is 135 Å². The first-order chi connectivity index (χ1) is 10.6. The molecule has 0 aliphatic carbocycles. The largest absolute Gasteiger partial charge is 0.374 e. The molecular weight excluding hydrogens is 274 g/mol. The van der Waals surface area contributed by atoms with Crippen molar-refractivity contribution in [3.8, 4) is 0 Å². The van der Waals surface area contributed by atoms with Crippen LogP contribution >= 0.6 is 0 Å². The summed E-state index contributed by atoms with van der Waals surface area (Å²) in [4.78, 5) is 4.22. The molecule has 2 N–H and O–H groups in total. The molecular formula is C18H31N3O. The third-order valence-corrected chi connectivity index (χ3v) is 3.49. The molecule has 4 heteroatoms. The van der Waals surface area contributed by atoms with E-state index < -0.39 is 0 Å².